The van der Waals surface area contributed by atoms with Gasteiger partial charge in [0.25, 0.3) is 0 Å². The molecule has 2 heterocycles. The summed E-state index contributed by atoms with van der Waals surface area (Å²) in [5, 5.41) is 10.1. The van der Waals surface area contributed by atoms with E-state index in [9.17, 15) is 5.11 Å². The molecule has 1 aromatic heterocycles. The largest absolute Gasteiger partial charge is 0.493 e. The number of hydrogen-bond acceptors (Lipinski definition) is 3. The van der Waals surface area contributed by atoms with E-state index in [1.54, 1.807) is 12.2 Å². The number of nitrogens with zero attached hydrogens (tertiary/aromatic N) is 4. The van der Waals surface area contributed by atoms with Crippen molar-refractivity contribution in [2.75, 3.05) is 4.90 Å². The van der Waals surface area contributed by atoms with Gasteiger partial charge in [0.2, 0.25) is 11.8 Å². The summed E-state index contributed by atoms with van der Waals surface area (Å²) < 4.78 is 2.08. The highest BCUT2D eigenvalue weighted by atomic mass is 16.3. The van der Waals surface area contributed by atoms with E-state index in [-0.39, 0.29) is 5.88 Å². The van der Waals surface area contributed by atoms with Gasteiger partial charge in [-0.05, 0) is 51.0 Å². The summed E-state index contributed by atoms with van der Waals surface area (Å²) in [5.41, 5.74) is 3.90. The van der Waals surface area contributed by atoms with Gasteiger partial charge in [-0.15, -0.1) is 6.58 Å². The number of hydrogen-bond donors (Lipinski definition) is 1. The van der Waals surface area contributed by atoms with Crippen LogP contribution < -0.4 is 4.90 Å². The SMILES string of the molecule is C=C/C=C\C=C(/C=C)N1/C(=N/C(O)=C\C=C)Cn2c1nc(/C=C\CCC(=C)C)c2C. The van der Waals surface area contributed by atoms with Crippen LogP contribution >= 0.6 is 0 Å². The van der Waals surface area contributed by atoms with Crippen LogP contribution in [0.1, 0.15) is 31.2 Å². The molecule has 1 aliphatic rings. The molecule has 0 amide bonds. The summed E-state index contributed by atoms with van der Waals surface area (Å²) in [7, 11) is 0. The van der Waals surface area contributed by atoms with Crippen LogP contribution in [0.25, 0.3) is 6.08 Å². The van der Waals surface area contributed by atoms with E-state index in [2.05, 4.69) is 42.0 Å². The van der Waals surface area contributed by atoms with Crippen LogP contribution in [0.5, 0.6) is 0 Å². The van der Waals surface area contributed by atoms with E-state index < -0.39 is 0 Å². The molecule has 0 fully saturated rings. The van der Waals surface area contributed by atoms with Gasteiger partial charge in [0.05, 0.1) is 12.2 Å². The highest BCUT2D eigenvalue weighted by Crippen LogP contribution is 2.31. The molecule has 0 atom stereocenters. The second kappa shape index (κ2) is 10.8. The number of imidazole rings is 1. The maximum absolute atomic E-state index is 10.1. The molecule has 1 N–H and O–H groups in total. The van der Waals surface area contributed by atoms with E-state index in [1.165, 1.54) is 12.2 Å². The Morgan fingerprint density at radius 1 is 1.20 bits per heavy atom. The summed E-state index contributed by atoms with van der Waals surface area (Å²) in [6.07, 6.45) is 18.0. The summed E-state index contributed by atoms with van der Waals surface area (Å²) in [6, 6.07) is 0. The average molecular weight is 403 g/mol. The van der Waals surface area contributed by atoms with Crippen molar-refractivity contribution >= 4 is 17.9 Å². The third-order valence-corrected chi connectivity index (χ3v) is 4.50. The van der Waals surface area contributed by atoms with Crippen molar-refractivity contribution in [3.63, 3.8) is 0 Å². The summed E-state index contributed by atoms with van der Waals surface area (Å²) >= 11 is 0. The molecule has 0 aliphatic carbocycles. The zero-order valence-electron chi connectivity index (χ0n) is 17.9. The van der Waals surface area contributed by atoms with Gasteiger partial charge in [-0.2, -0.15) is 4.99 Å². The van der Waals surface area contributed by atoms with Crippen LogP contribution in [0.15, 0.2) is 97.1 Å². The Morgan fingerprint density at radius 3 is 2.60 bits per heavy atom. The summed E-state index contributed by atoms with van der Waals surface area (Å²) in [5.74, 6) is 1.26. The molecule has 0 saturated heterocycles. The number of aliphatic hydroxyl groups is 1. The minimum absolute atomic E-state index is 0.113. The van der Waals surface area contributed by atoms with Crippen LogP contribution in [-0.2, 0) is 6.54 Å². The van der Waals surface area contributed by atoms with Crippen molar-refractivity contribution in [1.82, 2.24) is 9.55 Å². The van der Waals surface area contributed by atoms with Gasteiger partial charge in [-0.3, -0.25) is 4.90 Å². The molecular formula is C25H30N4O. The standard InChI is InChI=1S/C25H30N4O/c1-7-10-11-16-21(9-3)29-23(27-24(30)14-8-2)18-28-20(6)22(26-25(28)29)17-13-12-15-19(4)5/h7-11,13-14,16-17,30H,1-4,12,15,18H2,5-6H3/b11-10-,17-13-,21-16+,24-14+,27-23+. The van der Waals surface area contributed by atoms with Gasteiger partial charge in [-0.1, -0.05) is 55.7 Å². The molecular weight excluding hydrogens is 372 g/mol. The quantitative estimate of drug-likeness (QED) is 0.289. The lowest BCUT2D eigenvalue weighted by Gasteiger charge is -2.18. The van der Waals surface area contributed by atoms with Crippen molar-refractivity contribution in [3.05, 3.63) is 103 Å². The Morgan fingerprint density at radius 2 is 1.97 bits per heavy atom. The molecule has 2 rings (SSSR count). The van der Waals surface area contributed by atoms with E-state index >= 15 is 0 Å². The normalized spacial score (nSPS) is 15.9. The maximum atomic E-state index is 10.1. The lowest BCUT2D eigenvalue weighted by Crippen LogP contribution is -2.26. The smallest absolute Gasteiger partial charge is 0.216 e. The number of aliphatic imine (C=N–C) groups is 1. The van der Waals surface area contributed by atoms with E-state index in [0.29, 0.717) is 12.4 Å². The fourth-order valence-electron chi connectivity index (χ4n) is 3.00. The first-order valence-corrected chi connectivity index (χ1v) is 9.82. The van der Waals surface area contributed by atoms with E-state index in [4.69, 9.17) is 4.98 Å². The Labute approximate surface area is 179 Å². The first-order valence-electron chi connectivity index (χ1n) is 9.82. The lowest BCUT2D eigenvalue weighted by molar-refractivity contribution is 0.406. The highest BCUT2D eigenvalue weighted by molar-refractivity contribution is 6.03. The van der Waals surface area contributed by atoms with E-state index in [0.717, 1.165) is 41.4 Å². The molecule has 0 unspecified atom stereocenters. The molecule has 30 heavy (non-hydrogen) atoms. The second-order valence-electron chi connectivity index (χ2n) is 6.91. The fraction of sp³-hybridized carbons (Fsp3) is 0.200. The third kappa shape index (κ3) is 5.47. The first kappa shape index (κ1) is 22.7. The molecule has 0 spiro atoms. The molecule has 5 heteroatoms. The molecule has 0 radical (unpaired) electrons. The topological polar surface area (TPSA) is 53.6 Å². The van der Waals surface area contributed by atoms with Gasteiger partial charge in [-0.25, -0.2) is 4.98 Å². The van der Waals surface area contributed by atoms with Gasteiger partial charge < -0.3 is 9.67 Å². The minimum atomic E-state index is -0.113. The monoisotopic (exact) mass is 402 g/mol. The van der Waals surface area contributed by atoms with Crippen molar-refractivity contribution < 1.29 is 5.11 Å². The molecule has 0 saturated carbocycles. The number of anilines is 1. The van der Waals surface area contributed by atoms with Gasteiger partial charge in [0, 0.05) is 11.4 Å². The van der Waals surface area contributed by atoms with Crippen molar-refractivity contribution in [1.29, 1.82) is 0 Å². The Hall–Kier alpha value is -3.60. The number of amidine groups is 1. The molecule has 0 bridgehead atoms. The fourth-order valence-corrected chi connectivity index (χ4v) is 3.00. The number of rotatable bonds is 10. The lowest BCUT2D eigenvalue weighted by atomic mass is 10.2. The predicted molar refractivity (Wildman–Crippen MR) is 128 cm³/mol. The molecule has 1 aromatic rings. The number of aliphatic hydroxyl groups excluding tert-OH is 1. The Kier molecular flexibility index (Phi) is 8.18. The molecule has 156 valence electrons. The zero-order valence-corrected chi connectivity index (χ0v) is 17.9. The zero-order chi connectivity index (χ0) is 22.1. The first-order chi connectivity index (χ1) is 14.4. The van der Waals surface area contributed by atoms with Crippen LogP contribution in [0, 0.1) is 6.92 Å². The Bertz CT molecular complexity index is 983. The molecule has 0 aromatic carbocycles. The van der Waals surface area contributed by atoms with Gasteiger partial charge in [0.1, 0.15) is 5.84 Å². The maximum Gasteiger partial charge on any atom is 0.216 e. The molecule has 5 nitrogen and oxygen atoms in total. The minimum Gasteiger partial charge on any atom is -0.493 e. The van der Waals surface area contributed by atoms with E-state index in [1.807, 2.05) is 43.1 Å². The predicted octanol–water partition coefficient (Wildman–Crippen LogP) is 6.18. The molecule has 1 aliphatic heterocycles. The van der Waals surface area contributed by atoms with Gasteiger partial charge in [0.15, 0.2) is 0 Å². The third-order valence-electron chi connectivity index (χ3n) is 4.50. The van der Waals surface area contributed by atoms with Crippen LogP contribution in [-0.4, -0.2) is 20.5 Å². The van der Waals surface area contributed by atoms with Gasteiger partial charge >= 0.3 is 0 Å². The van der Waals surface area contributed by atoms with Crippen molar-refractivity contribution in [2.45, 2.75) is 33.2 Å². The second-order valence-corrected chi connectivity index (χ2v) is 6.91. The summed E-state index contributed by atoms with van der Waals surface area (Å²) in [4.78, 5) is 11.1. The van der Waals surface area contributed by atoms with Crippen molar-refractivity contribution in [3.8, 4) is 0 Å². The number of fused-ring (bicyclic) bond motifs is 1. The van der Waals surface area contributed by atoms with Crippen LogP contribution in [0.4, 0.5) is 5.95 Å². The summed E-state index contributed by atoms with van der Waals surface area (Å²) in [6.45, 7) is 19.7. The highest BCUT2D eigenvalue weighted by Gasteiger charge is 2.31. The average Bonchev–Trinajstić information content (AvgIpc) is 3.19. The van der Waals surface area contributed by atoms with Crippen molar-refractivity contribution in [2.24, 2.45) is 4.99 Å². The number of aromatic nitrogens is 2. The van der Waals surface area contributed by atoms with Crippen LogP contribution in [0.3, 0.4) is 0 Å². The van der Waals surface area contributed by atoms with Crippen LogP contribution in [0.2, 0.25) is 0 Å². The number of allylic oxidation sites excluding steroid dienone is 9. The Balaban J connectivity index is 2.49.